The average molecular weight is 552 g/mol. The van der Waals surface area contributed by atoms with E-state index in [-0.39, 0.29) is 30.0 Å². The molecule has 0 radical (unpaired) electrons. The molecule has 7 nitrogen and oxygen atoms in total. The third kappa shape index (κ3) is 5.86. The number of para-hydroxylation sites is 1. The number of furan rings is 1. The molecule has 1 aromatic heterocycles. The highest BCUT2D eigenvalue weighted by molar-refractivity contribution is 14.0. The normalized spacial score (nSPS) is 12.4. The van der Waals surface area contributed by atoms with Gasteiger partial charge in [-0.3, -0.25) is 4.99 Å². The lowest BCUT2D eigenvalue weighted by Gasteiger charge is -2.26. The number of ether oxygens (including phenoxy) is 2. The summed E-state index contributed by atoms with van der Waals surface area (Å²) in [6, 6.07) is 14.2. The maximum atomic E-state index is 5.99. The number of nitrogens with one attached hydrogen (secondary N) is 2. The summed E-state index contributed by atoms with van der Waals surface area (Å²) in [4.78, 5) is 6.52. The van der Waals surface area contributed by atoms with Crippen molar-refractivity contribution in [3.8, 4) is 11.5 Å². The average Bonchev–Trinajstić information content (AvgIpc) is 3.11. The third-order valence-electron chi connectivity index (χ3n) is 5.46. The van der Waals surface area contributed by atoms with Gasteiger partial charge in [0.15, 0.2) is 17.5 Å². The van der Waals surface area contributed by atoms with E-state index in [1.807, 2.05) is 30.3 Å². The van der Waals surface area contributed by atoms with Crippen LogP contribution in [-0.4, -0.2) is 52.8 Å². The van der Waals surface area contributed by atoms with Gasteiger partial charge in [-0.2, -0.15) is 0 Å². The summed E-state index contributed by atoms with van der Waals surface area (Å²) in [5.74, 6) is 3.06. The number of halogens is 1. The summed E-state index contributed by atoms with van der Waals surface area (Å²) in [5.41, 5.74) is 3.18. The summed E-state index contributed by atoms with van der Waals surface area (Å²) < 4.78 is 16.8. The Balaban J connectivity index is 0.00000363. The van der Waals surface area contributed by atoms with Crippen molar-refractivity contribution in [2.24, 2.45) is 4.99 Å². The van der Waals surface area contributed by atoms with E-state index < -0.39 is 0 Å². The Kier molecular flexibility index (Phi) is 9.64. The van der Waals surface area contributed by atoms with Crippen LogP contribution in [0.3, 0.4) is 0 Å². The molecule has 0 aliphatic heterocycles. The Bertz CT molecular complexity index is 1050. The molecule has 1 unspecified atom stereocenters. The van der Waals surface area contributed by atoms with E-state index in [1.165, 1.54) is 0 Å². The van der Waals surface area contributed by atoms with Gasteiger partial charge in [-0.15, -0.1) is 24.0 Å². The molecule has 0 aliphatic rings. The molecule has 0 bridgehead atoms. The first-order valence-corrected chi connectivity index (χ1v) is 10.3. The van der Waals surface area contributed by atoms with Crippen molar-refractivity contribution >= 4 is 40.9 Å². The summed E-state index contributed by atoms with van der Waals surface area (Å²) in [7, 11) is 9.16. The number of aryl methyl sites for hydroxylation is 1. The number of fused-ring (bicyclic) bond motifs is 1. The van der Waals surface area contributed by atoms with Gasteiger partial charge in [0.2, 0.25) is 0 Å². The van der Waals surface area contributed by atoms with E-state index in [4.69, 9.17) is 13.9 Å². The molecule has 0 aliphatic carbocycles. The highest BCUT2D eigenvalue weighted by atomic mass is 127. The predicted molar refractivity (Wildman–Crippen MR) is 141 cm³/mol. The van der Waals surface area contributed by atoms with Gasteiger partial charge in [0.05, 0.1) is 26.8 Å². The minimum atomic E-state index is 0. The number of aliphatic imine (C=N–C) groups is 1. The van der Waals surface area contributed by atoms with Crippen LogP contribution in [0.4, 0.5) is 0 Å². The number of rotatable bonds is 8. The van der Waals surface area contributed by atoms with Crippen LogP contribution in [0.5, 0.6) is 11.5 Å². The Morgan fingerprint density at radius 1 is 1.06 bits per heavy atom. The molecule has 174 valence electrons. The number of likely N-dealkylation sites (N-methyl/N-ethyl adjacent to an activating group) is 1. The van der Waals surface area contributed by atoms with Gasteiger partial charge < -0.3 is 29.4 Å². The zero-order valence-electron chi connectivity index (χ0n) is 19.6. The molecule has 32 heavy (non-hydrogen) atoms. The van der Waals surface area contributed by atoms with Gasteiger partial charge in [-0.25, -0.2) is 0 Å². The van der Waals surface area contributed by atoms with E-state index >= 15 is 0 Å². The number of hydrogen-bond acceptors (Lipinski definition) is 5. The fourth-order valence-corrected chi connectivity index (χ4v) is 3.63. The highest BCUT2D eigenvalue weighted by Crippen LogP contribution is 2.31. The first-order chi connectivity index (χ1) is 15.0. The van der Waals surface area contributed by atoms with Crippen LogP contribution >= 0.6 is 24.0 Å². The minimum absolute atomic E-state index is 0. The molecule has 3 rings (SSSR count). The van der Waals surface area contributed by atoms with E-state index in [0.29, 0.717) is 19.0 Å². The maximum absolute atomic E-state index is 5.99. The summed E-state index contributed by atoms with van der Waals surface area (Å²) in [6.45, 7) is 3.31. The molecular formula is C24H33IN4O3. The molecule has 0 saturated heterocycles. The Hall–Kier alpha value is -2.46. The van der Waals surface area contributed by atoms with Crippen LogP contribution in [0.15, 0.2) is 51.9 Å². The topological polar surface area (TPSA) is 71.3 Å². The number of guanidine groups is 1. The van der Waals surface area contributed by atoms with Crippen LogP contribution in [0.1, 0.15) is 22.9 Å². The molecule has 3 aromatic rings. The van der Waals surface area contributed by atoms with Crippen LogP contribution in [-0.2, 0) is 6.54 Å². The van der Waals surface area contributed by atoms with E-state index in [2.05, 4.69) is 53.7 Å². The number of methoxy groups -OCH3 is 2. The van der Waals surface area contributed by atoms with E-state index in [1.54, 1.807) is 21.3 Å². The lowest BCUT2D eigenvalue weighted by atomic mass is 10.1. The van der Waals surface area contributed by atoms with Gasteiger partial charge in [0, 0.05) is 24.5 Å². The van der Waals surface area contributed by atoms with Crippen LogP contribution < -0.4 is 20.1 Å². The Morgan fingerprint density at radius 3 is 2.41 bits per heavy atom. The van der Waals surface area contributed by atoms with Crippen molar-refractivity contribution in [3.05, 3.63) is 59.4 Å². The van der Waals surface area contributed by atoms with E-state index in [0.717, 1.165) is 39.4 Å². The molecule has 0 spiro atoms. The van der Waals surface area contributed by atoms with Gasteiger partial charge in [0.1, 0.15) is 11.3 Å². The fourth-order valence-electron chi connectivity index (χ4n) is 3.63. The van der Waals surface area contributed by atoms with Gasteiger partial charge in [-0.05, 0) is 44.8 Å². The number of hydrogen-bond donors (Lipinski definition) is 2. The quantitative estimate of drug-likeness (QED) is 0.246. The van der Waals surface area contributed by atoms with Crippen molar-refractivity contribution in [3.63, 3.8) is 0 Å². The largest absolute Gasteiger partial charge is 0.493 e. The van der Waals surface area contributed by atoms with Crippen molar-refractivity contribution in [2.45, 2.75) is 19.5 Å². The standard InChI is InChI=1S/C24H32N4O3.HI/c1-16-18-9-7-8-10-20(18)31-23(16)15-27-24(25-2)26-14-19(28(3)4)17-11-12-21(29-5)22(13-17)30-6;/h7-13,19H,14-15H2,1-6H3,(H2,25,26,27);1H. The van der Waals surface area contributed by atoms with Gasteiger partial charge in [-0.1, -0.05) is 24.3 Å². The predicted octanol–water partition coefficient (Wildman–Crippen LogP) is 4.34. The summed E-state index contributed by atoms with van der Waals surface area (Å²) >= 11 is 0. The smallest absolute Gasteiger partial charge is 0.191 e. The SMILES string of the molecule is CN=C(NCc1oc2ccccc2c1C)NCC(c1ccc(OC)c(OC)c1)N(C)C.I. The van der Waals surface area contributed by atoms with Crippen molar-refractivity contribution in [1.29, 1.82) is 0 Å². The lowest BCUT2D eigenvalue weighted by Crippen LogP contribution is -2.41. The van der Waals surface area contributed by atoms with Crippen LogP contribution in [0.25, 0.3) is 11.0 Å². The fraction of sp³-hybridized carbons (Fsp3) is 0.375. The van der Waals surface area contributed by atoms with Crippen LogP contribution in [0, 0.1) is 6.92 Å². The molecule has 2 aromatic carbocycles. The summed E-state index contributed by atoms with van der Waals surface area (Å²) in [6.07, 6.45) is 0. The first-order valence-electron chi connectivity index (χ1n) is 10.3. The third-order valence-corrected chi connectivity index (χ3v) is 5.46. The van der Waals surface area contributed by atoms with Crippen LogP contribution in [0.2, 0.25) is 0 Å². The van der Waals surface area contributed by atoms with Gasteiger partial charge in [0.25, 0.3) is 0 Å². The molecular weight excluding hydrogens is 519 g/mol. The number of benzene rings is 2. The zero-order valence-corrected chi connectivity index (χ0v) is 21.9. The zero-order chi connectivity index (χ0) is 22.4. The Labute approximate surface area is 207 Å². The van der Waals surface area contributed by atoms with Crippen molar-refractivity contribution < 1.29 is 13.9 Å². The second-order valence-electron chi connectivity index (χ2n) is 7.55. The molecule has 8 heteroatoms. The highest BCUT2D eigenvalue weighted by Gasteiger charge is 2.17. The molecule has 0 fully saturated rings. The first kappa shape index (κ1) is 25.8. The molecule has 2 N–H and O–H groups in total. The second-order valence-corrected chi connectivity index (χ2v) is 7.55. The monoisotopic (exact) mass is 552 g/mol. The van der Waals surface area contributed by atoms with E-state index in [9.17, 15) is 0 Å². The molecule has 1 heterocycles. The lowest BCUT2D eigenvalue weighted by molar-refractivity contribution is 0.295. The Morgan fingerprint density at radius 2 is 1.78 bits per heavy atom. The maximum Gasteiger partial charge on any atom is 0.191 e. The molecule has 1 atom stereocenters. The summed E-state index contributed by atoms with van der Waals surface area (Å²) in [5, 5.41) is 7.92. The molecule has 0 saturated carbocycles. The number of nitrogens with zero attached hydrogens (tertiary/aromatic N) is 2. The van der Waals surface area contributed by atoms with Crippen molar-refractivity contribution in [1.82, 2.24) is 15.5 Å². The molecule has 0 amide bonds. The second kappa shape index (κ2) is 12.0. The minimum Gasteiger partial charge on any atom is -0.493 e. The van der Waals surface area contributed by atoms with Gasteiger partial charge >= 0.3 is 0 Å². The van der Waals surface area contributed by atoms with Crippen molar-refractivity contribution in [2.75, 3.05) is 41.9 Å².